The van der Waals surface area contributed by atoms with Gasteiger partial charge >= 0.3 is 5.97 Å². The van der Waals surface area contributed by atoms with Crippen LogP contribution in [0.4, 0.5) is 0 Å². The van der Waals surface area contributed by atoms with Crippen LogP contribution in [-0.4, -0.2) is 25.2 Å². The number of nitrogens with one attached hydrogen (secondary N) is 1. The molecule has 17 heavy (non-hydrogen) atoms. The maximum atomic E-state index is 11.7. The van der Waals surface area contributed by atoms with Crippen molar-refractivity contribution in [2.24, 2.45) is 5.41 Å². The van der Waals surface area contributed by atoms with E-state index < -0.39 is 0 Å². The average Bonchev–Trinajstić information content (AvgIpc) is 2.28. The fourth-order valence-electron chi connectivity index (χ4n) is 2.13. The molecule has 0 amide bonds. The molecule has 0 radical (unpaired) electrons. The minimum Gasteiger partial charge on any atom is -0.466 e. The molecule has 102 valence electrons. The molecular formula is C13H26ClNO2. The lowest BCUT2D eigenvalue weighted by Gasteiger charge is -2.28. The molecule has 1 saturated heterocycles. The number of hydrogen-bond acceptors (Lipinski definition) is 3. The van der Waals surface area contributed by atoms with Crippen LogP contribution in [0.15, 0.2) is 0 Å². The quantitative estimate of drug-likeness (QED) is 0.775. The Bertz CT molecular complexity index is 225. The third-order valence-electron chi connectivity index (χ3n) is 3.36. The van der Waals surface area contributed by atoms with Gasteiger partial charge in [0.15, 0.2) is 0 Å². The van der Waals surface area contributed by atoms with E-state index in [-0.39, 0.29) is 23.8 Å². The lowest BCUT2D eigenvalue weighted by atomic mass is 9.85. The first kappa shape index (κ1) is 16.7. The Hall–Kier alpha value is -0.280. The molecule has 1 fully saturated rings. The number of carbonyl (C=O) groups is 1. The van der Waals surface area contributed by atoms with Crippen molar-refractivity contribution >= 4 is 18.4 Å². The van der Waals surface area contributed by atoms with E-state index in [2.05, 4.69) is 5.32 Å². The van der Waals surface area contributed by atoms with Gasteiger partial charge in [-0.05, 0) is 53.0 Å². The van der Waals surface area contributed by atoms with Gasteiger partial charge in [-0.1, -0.05) is 6.42 Å². The van der Waals surface area contributed by atoms with Gasteiger partial charge in [0.2, 0.25) is 0 Å². The van der Waals surface area contributed by atoms with E-state index in [9.17, 15) is 4.79 Å². The molecule has 3 nitrogen and oxygen atoms in total. The van der Waals surface area contributed by atoms with Crippen LogP contribution in [-0.2, 0) is 9.53 Å². The summed E-state index contributed by atoms with van der Waals surface area (Å²) in [4.78, 5) is 11.7. The van der Waals surface area contributed by atoms with Gasteiger partial charge < -0.3 is 10.1 Å². The second-order valence-electron chi connectivity index (χ2n) is 5.29. The molecule has 1 unspecified atom stereocenters. The number of rotatable bonds is 5. The van der Waals surface area contributed by atoms with Crippen molar-refractivity contribution in [1.29, 1.82) is 0 Å². The van der Waals surface area contributed by atoms with Crippen LogP contribution >= 0.6 is 12.4 Å². The summed E-state index contributed by atoms with van der Waals surface area (Å²) in [7, 11) is 0. The van der Waals surface area contributed by atoms with Crippen molar-refractivity contribution < 1.29 is 9.53 Å². The molecule has 4 heteroatoms. The van der Waals surface area contributed by atoms with E-state index in [1.165, 1.54) is 19.3 Å². The molecule has 0 saturated carbocycles. The van der Waals surface area contributed by atoms with Crippen LogP contribution in [0, 0.1) is 5.41 Å². The maximum Gasteiger partial charge on any atom is 0.311 e. The van der Waals surface area contributed by atoms with E-state index in [1.54, 1.807) is 0 Å². The predicted octanol–water partition coefficient (Wildman–Crippen LogP) is 2.92. The maximum absolute atomic E-state index is 11.7. The monoisotopic (exact) mass is 263 g/mol. The number of carbonyl (C=O) groups excluding carboxylic acids is 1. The Balaban J connectivity index is 0.00000256. The molecule has 1 atom stereocenters. The predicted molar refractivity (Wildman–Crippen MR) is 72.5 cm³/mol. The smallest absolute Gasteiger partial charge is 0.311 e. The molecule has 0 bridgehead atoms. The zero-order valence-electron chi connectivity index (χ0n) is 11.3. The van der Waals surface area contributed by atoms with E-state index in [0.717, 1.165) is 19.4 Å². The molecule has 0 aliphatic carbocycles. The van der Waals surface area contributed by atoms with Crippen LogP contribution in [0.1, 0.15) is 52.9 Å². The highest BCUT2D eigenvalue weighted by Gasteiger charge is 2.29. The number of esters is 1. The molecule has 1 aliphatic heterocycles. The second-order valence-corrected chi connectivity index (χ2v) is 5.29. The van der Waals surface area contributed by atoms with Crippen molar-refractivity contribution in [3.05, 3.63) is 0 Å². The summed E-state index contributed by atoms with van der Waals surface area (Å²) < 4.78 is 5.09. The lowest BCUT2D eigenvalue weighted by molar-refractivity contribution is -0.153. The standard InChI is InChI=1S/C13H25NO2.ClH/c1-4-16-12(15)13(2,3)9-8-11-7-5-6-10-14-11;/h11,14H,4-10H2,1-3H3;1H. The highest BCUT2D eigenvalue weighted by atomic mass is 35.5. The van der Waals surface area contributed by atoms with Crippen molar-refractivity contribution in [2.45, 2.75) is 58.9 Å². The summed E-state index contributed by atoms with van der Waals surface area (Å²) >= 11 is 0. The Morgan fingerprint density at radius 1 is 1.41 bits per heavy atom. The van der Waals surface area contributed by atoms with Gasteiger partial charge in [0.05, 0.1) is 12.0 Å². The SMILES string of the molecule is CCOC(=O)C(C)(C)CCC1CCCCN1.Cl. The van der Waals surface area contributed by atoms with Crippen LogP contribution < -0.4 is 5.32 Å². The minimum absolute atomic E-state index is 0. The van der Waals surface area contributed by atoms with Crippen molar-refractivity contribution in [1.82, 2.24) is 5.32 Å². The molecule has 1 rings (SSSR count). The molecule has 0 spiro atoms. The van der Waals surface area contributed by atoms with E-state index >= 15 is 0 Å². The van der Waals surface area contributed by atoms with Gasteiger partial charge in [0.1, 0.15) is 0 Å². The van der Waals surface area contributed by atoms with Crippen LogP contribution in [0.25, 0.3) is 0 Å². The van der Waals surface area contributed by atoms with Crippen molar-refractivity contribution in [3.63, 3.8) is 0 Å². The van der Waals surface area contributed by atoms with Crippen LogP contribution in [0.5, 0.6) is 0 Å². The normalized spacial score (nSPS) is 20.5. The van der Waals surface area contributed by atoms with Gasteiger partial charge in [-0.15, -0.1) is 12.4 Å². The zero-order chi connectivity index (χ0) is 12.0. The summed E-state index contributed by atoms with van der Waals surface area (Å²) in [5, 5.41) is 3.51. The Morgan fingerprint density at radius 2 is 2.12 bits per heavy atom. The summed E-state index contributed by atoms with van der Waals surface area (Å²) in [6.45, 7) is 7.42. The highest BCUT2D eigenvalue weighted by Crippen LogP contribution is 2.26. The van der Waals surface area contributed by atoms with Gasteiger partial charge in [0, 0.05) is 6.04 Å². The first-order valence-corrected chi connectivity index (χ1v) is 6.47. The molecule has 1 heterocycles. The van der Waals surface area contributed by atoms with Gasteiger partial charge in [-0.2, -0.15) is 0 Å². The number of piperidine rings is 1. The van der Waals surface area contributed by atoms with Gasteiger partial charge in [0.25, 0.3) is 0 Å². The Labute approximate surface area is 111 Å². The summed E-state index contributed by atoms with van der Waals surface area (Å²) in [6.07, 6.45) is 5.84. The summed E-state index contributed by atoms with van der Waals surface area (Å²) in [6, 6.07) is 0.599. The first-order chi connectivity index (χ1) is 7.56. The first-order valence-electron chi connectivity index (χ1n) is 6.47. The molecule has 0 aromatic heterocycles. The topological polar surface area (TPSA) is 38.3 Å². The third-order valence-corrected chi connectivity index (χ3v) is 3.36. The molecule has 0 aromatic carbocycles. The third kappa shape index (κ3) is 5.73. The lowest BCUT2D eigenvalue weighted by Crippen LogP contribution is -2.36. The van der Waals surface area contributed by atoms with Crippen LogP contribution in [0.3, 0.4) is 0 Å². The van der Waals surface area contributed by atoms with E-state index in [1.807, 2.05) is 20.8 Å². The largest absolute Gasteiger partial charge is 0.466 e. The average molecular weight is 264 g/mol. The molecule has 1 aliphatic rings. The minimum atomic E-state index is -0.338. The number of hydrogen-bond donors (Lipinski definition) is 1. The summed E-state index contributed by atoms with van der Waals surface area (Å²) in [5.74, 6) is -0.0641. The zero-order valence-corrected chi connectivity index (χ0v) is 12.1. The Morgan fingerprint density at radius 3 is 2.65 bits per heavy atom. The number of ether oxygens (including phenoxy) is 1. The highest BCUT2D eigenvalue weighted by molar-refractivity contribution is 5.85. The fourth-order valence-corrected chi connectivity index (χ4v) is 2.13. The van der Waals surface area contributed by atoms with Gasteiger partial charge in [-0.3, -0.25) is 4.79 Å². The fraction of sp³-hybridized carbons (Fsp3) is 0.923. The van der Waals surface area contributed by atoms with E-state index in [0.29, 0.717) is 12.6 Å². The van der Waals surface area contributed by atoms with Crippen molar-refractivity contribution in [3.8, 4) is 0 Å². The Kier molecular flexibility index (Phi) is 7.80. The summed E-state index contributed by atoms with van der Waals surface area (Å²) in [5.41, 5.74) is -0.338. The number of halogens is 1. The molecular weight excluding hydrogens is 238 g/mol. The van der Waals surface area contributed by atoms with Crippen molar-refractivity contribution in [2.75, 3.05) is 13.2 Å². The van der Waals surface area contributed by atoms with Gasteiger partial charge in [-0.25, -0.2) is 0 Å². The second kappa shape index (κ2) is 7.93. The molecule has 1 N–H and O–H groups in total. The van der Waals surface area contributed by atoms with Crippen LogP contribution in [0.2, 0.25) is 0 Å². The van der Waals surface area contributed by atoms with E-state index in [4.69, 9.17) is 4.74 Å². The molecule has 0 aromatic rings.